The molecule has 0 saturated carbocycles. The van der Waals surface area contributed by atoms with Gasteiger partial charge in [-0.3, -0.25) is 4.98 Å². The molecule has 26 heavy (non-hydrogen) atoms. The van der Waals surface area contributed by atoms with Crippen molar-refractivity contribution in [3.63, 3.8) is 0 Å². The normalized spacial score (nSPS) is 13.2. The summed E-state index contributed by atoms with van der Waals surface area (Å²) in [6.07, 6.45) is 1.54. The predicted molar refractivity (Wildman–Crippen MR) is 95.3 cm³/mol. The van der Waals surface area contributed by atoms with Crippen LogP contribution in [0.15, 0.2) is 47.8 Å². The predicted octanol–water partition coefficient (Wildman–Crippen LogP) is 2.01. The zero-order chi connectivity index (χ0) is 19.2. The smallest absolute Gasteiger partial charge is 0.451 e. The number of nitrogens with zero attached hydrogens (tertiary/aromatic N) is 2. The second kappa shape index (κ2) is 8.91. The summed E-state index contributed by atoms with van der Waals surface area (Å²) in [4.78, 5) is 27.2. The molecule has 1 aromatic carbocycles. The quantitative estimate of drug-likeness (QED) is 0.391. The van der Waals surface area contributed by atoms with E-state index in [4.69, 9.17) is 23.5 Å². The Bertz CT molecular complexity index is 854. The molecule has 0 radical (unpaired) electrons. The van der Waals surface area contributed by atoms with E-state index >= 15 is 0 Å². The van der Waals surface area contributed by atoms with E-state index in [0.717, 1.165) is 0 Å². The summed E-state index contributed by atoms with van der Waals surface area (Å²) in [7, 11) is -1.56. The molecule has 0 aliphatic carbocycles. The van der Waals surface area contributed by atoms with Crippen molar-refractivity contribution >= 4 is 23.2 Å². The highest BCUT2D eigenvalue weighted by molar-refractivity contribution is 8.42. The maximum atomic E-state index is 11.8. The number of ether oxygens (including phenoxy) is 1. The molecular formula is C15H17N2O7PS. The van der Waals surface area contributed by atoms with Crippen LogP contribution in [0.3, 0.4) is 0 Å². The van der Waals surface area contributed by atoms with Crippen LogP contribution >= 0.6 is 6.80 Å². The van der Waals surface area contributed by atoms with E-state index in [9.17, 15) is 8.77 Å². The van der Waals surface area contributed by atoms with Gasteiger partial charge in [-0.25, -0.2) is 8.77 Å². The Morgan fingerprint density at radius 3 is 2.54 bits per heavy atom. The fraction of sp³-hybridized carbons (Fsp3) is 0.200. The van der Waals surface area contributed by atoms with Crippen molar-refractivity contribution in [3.05, 3.63) is 53.9 Å². The summed E-state index contributed by atoms with van der Waals surface area (Å²) in [5.74, 6) is 0.202. The van der Waals surface area contributed by atoms with Gasteiger partial charge in [0.05, 0.1) is 17.9 Å². The Labute approximate surface area is 152 Å². The average Bonchev–Trinajstić information content (AvgIpc) is 2.61. The summed E-state index contributed by atoms with van der Waals surface area (Å²) in [6, 6.07) is 9.63. The van der Waals surface area contributed by atoms with Gasteiger partial charge >= 0.3 is 17.5 Å². The van der Waals surface area contributed by atoms with Gasteiger partial charge in [-0.05, 0) is 31.2 Å². The number of oxime groups is 1. The highest BCUT2D eigenvalue weighted by Gasteiger charge is 2.29. The van der Waals surface area contributed by atoms with Gasteiger partial charge in [0.2, 0.25) is 0 Å². The Balaban J connectivity index is 2.64. The zero-order valence-electron chi connectivity index (χ0n) is 13.9. The molecule has 0 amide bonds. The highest BCUT2D eigenvalue weighted by Crippen LogP contribution is 2.42. The van der Waals surface area contributed by atoms with Crippen molar-refractivity contribution in [2.75, 3.05) is 13.7 Å². The van der Waals surface area contributed by atoms with Gasteiger partial charge in [0.1, 0.15) is 18.6 Å². The van der Waals surface area contributed by atoms with Gasteiger partial charge < -0.3 is 23.5 Å². The number of rotatable bonds is 8. The minimum absolute atomic E-state index is 0.0981. The van der Waals surface area contributed by atoms with E-state index in [-0.39, 0.29) is 17.0 Å². The van der Waals surface area contributed by atoms with E-state index in [1.807, 2.05) is 0 Å². The summed E-state index contributed by atoms with van der Waals surface area (Å²) < 4.78 is 33.5. The van der Waals surface area contributed by atoms with E-state index in [0.29, 0.717) is 18.1 Å². The molecule has 1 atom stereocenters. The lowest BCUT2D eigenvalue weighted by Gasteiger charge is -2.16. The monoisotopic (exact) mass is 400 g/mol. The summed E-state index contributed by atoms with van der Waals surface area (Å²) in [5.41, 5.74) is 0.792. The molecule has 11 heteroatoms. The van der Waals surface area contributed by atoms with Crippen LogP contribution in [0.5, 0.6) is 11.5 Å². The van der Waals surface area contributed by atoms with Gasteiger partial charge in [-0.15, -0.1) is 0 Å². The molecular weight excluding hydrogens is 383 g/mol. The van der Waals surface area contributed by atoms with Crippen molar-refractivity contribution < 1.29 is 32.3 Å². The summed E-state index contributed by atoms with van der Waals surface area (Å²) >= 11 is 0. The van der Waals surface area contributed by atoms with Crippen LogP contribution in [0.4, 0.5) is 0 Å². The van der Waals surface area contributed by atoms with E-state index in [1.54, 1.807) is 31.2 Å². The Morgan fingerprint density at radius 2 is 1.96 bits per heavy atom. The molecule has 2 rings (SSSR count). The molecule has 0 fully saturated rings. The fourth-order valence-electron chi connectivity index (χ4n) is 2.03. The number of pyridine rings is 1. The SMILES string of the molecule is CCOc1cccc(OS(=O)P(=O)(O)O)c1C(=NOC)c1ccccn1. The average molecular weight is 400 g/mol. The molecule has 0 aliphatic rings. The van der Waals surface area contributed by atoms with Crippen LogP contribution in [0, 0.1) is 0 Å². The Kier molecular flexibility index (Phi) is 6.87. The first kappa shape index (κ1) is 20.1. The lowest BCUT2D eigenvalue weighted by Crippen LogP contribution is -2.12. The molecule has 9 nitrogen and oxygen atoms in total. The maximum absolute atomic E-state index is 11.8. The van der Waals surface area contributed by atoms with Gasteiger partial charge in [0.25, 0.3) is 0 Å². The topological polar surface area (TPSA) is 128 Å². The van der Waals surface area contributed by atoms with Gasteiger partial charge in [-0.1, -0.05) is 17.3 Å². The van der Waals surface area contributed by atoms with Crippen LogP contribution in [0.25, 0.3) is 0 Å². The molecule has 2 aromatic rings. The van der Waals surface area contributed by atoms with Gasteiger partial charge in [0, 0.05) is 6.20 Å². The number of benzene rings is 1. The van der Waals surface area contributed by atoms with Crippen molar-refractivity contribution in [1.82, 2.24) is 4.98 Å². The Hall–Kier alpha value is -2.26. The van der Waals surface area contributed by atoms with Crippen LogP contribution in [-0.4, -0.2) is 38.4 Å². The molecule has 0 aliphatic heterocycles. The molecule has 2 N–H and O–H groups in total. The lowest BCUT2D eigenvalue weighted by atomic mass is 10.0. The van der Waals surface area contributed by atoms with Crippen LogP contribution in [0.2, 0.25) is 0 Å². The van der Waals surface area contributed by atoms with Crippen LogP contribution in [0.1, 0.15) is 18.2 Å². The van der Waals surface area contributed by atoms with E-state index in [2.05, 4.69) is 10.1 Å². The number of hydrogen-bond acceptors (Lipinski definition) is 7. The first-order chi connectivity index (χ1) is 12.4. The highest BCUT2D eigenvalue weighted by atomic mass is 32.8. The maximum Gasteiger partial charge on any atom is 0.451 e. The second-order valence-corrected chi connectivity index (χ2v) is 8.59. The van der Waals surface area contributed by atoms with Crippen molar-refractivity contribution in [1.29, 1.82) is 0 Å². The molecule has 1 aromatic heterocycles. The van der Waals surface area contributed by atoms with Crippen molar-refractivity contribution in [3.8, 4) is 11.5 Å². The third-order valence-electron chi connectivity index (χ3n) is 2.97. The van der Waals surface area contributed by atoms with Gasteiger partial charge in [0.15, 0.2) is 5.75 Å². The standard InChI is InChI=1S/C15H17N2O7PS/c1-3-23-12-8-6-9-13(24-26(21)25(18,19)20)14(12)15(17-22-2)11-7-4-5-10-16-11/h4-10H,3H2,1-2H3,(H2,18,19,20). The fourth-order valence-corrected chi connectivity index (χ4v) is 2.95. The zero-order valence-corrected chi connectivity index (χ0v) is 15.6. The van der Waals surface area contributed by atoms with Crippen molar-refractivity contribution in [2.45, 2.75) is 6.92 Å². The summed E-state index contributed by atoms with van der Waals surface area (Å²) in [5, 5.41) is 3.94. The molecule has 0 saturated heterocycles. The van der Waals surface area contributed by atoms with Gasteiger partial charge in [-0.2, -0.15) is 0 Å². The largest absolute Gasteiger partial charge is 0.493 e. The first-order valence-electron chi connectivity index (χ1n) is 7.33. The molecule has 1 unspecified atom stereocenters. The second-order valence-electron chi connectivity index (χ2n) is 4.69. The Morgan fingerprint density at radius 1 is 1.23 bits per heavy atom. The molecule has 140 valence electrons. The summed E-state index contributed by atoms with van der Waals surface area (Å²) in [6.45, 7) is -2.90. The third kappa shape index (κ3) is 4.89. The number of aromatic nitrogens is 1. The lowest BCUT2D eigenvalue weighted by molar-refractivity contribution is 0.213. The molecule has 0 spiro atoms. The molecule has 0 bridgehead atoms. The minimum Gasteiger partial charge on any atom is -0.493 e. The van der Waals surface area contributed by atoms with Crippen LogP contribution in [-0.2, 0) is 20.1 Å². The third-order valence-corrected chi connectivity index (χ3v) is 5.07. The number of hydrogen-bond donors (Lipinski definition) is 2. The first-order valence-corrected chi connectivity index (χ1v) is 10.6. The van der Waals surface area contributed by atoms with E-state index in [1.165, 1.54) is 25.4 Å². The van der Waals surface area contributed by atoms with Crippen LogP contribution < -0.4 is 8.92 Å². The minimum atomic E-state index is -4.97. The van der Waals surface area contributed by atoms with Crippen molar-refractivity contribution in [2.24, 2.45) is 5.16 Å². The van der Waals surface area contributed by atoms with E-state index < -0.39 is 17.5 Å². The molecule has 1 heterocycles.